The molecule has 6 nitrogen and oxygen atoms in total. The number of pyridine rings is 1. The van der Waals surface area contributed by atoms with Crippen LogP contribution in [0.2, 0.25) is 0 Å². The van der Waals surface area contributed by atoms with E-state index in [4.69, 9.17) is 0 Å². The van der Waals surface area contributed by atoms with E-state index in [0.29, 0.717) is 44.7 Å². The molecule has 27 heavy (non-hydrogen) atoms. The Morgan fingerprint density at radius 2 is 2.07 bits per heavy atom. The molecule has 3 heterocycles. The van der Waals surface area contributed by atoms with Gasteiger partial charge in [0.05, 0.1) is 5.56 Å². The highest BCUT2D eigenvalue weighted by molar-refractivity contribution is 5.81. The Morgan fingerprint density at radius 1 is 1.26 bits per heavy atom. The molecule has 0 saturated carbocycles. The Hall–Kier alpha value is -2.32. The van der Waals surface area contributed by atoms with E-state index in [0.717, 1.165) is 25.1 Å². The molecule has 1 aromatic heterocycles. The van der Waals surface area contributed by atoms with E-state index in [-0.39, 0.29) is 23.8 Å². The van der Waals surface area contributed by atoms with Crippen LogP contribution in [0, 0.1) is 5.92 Å². The van der Waals surface area contributed by atoms with E-state index in [1.54, 1.807) is 0 Å². The van der Waals surface area contributed by atoms with Gasteiger partial charge in [-0.3, -0.25) is 9.59 Å². The molecule has 9 heteroatoms. The molecule has 2 unspecified atom stereocenters. The number of nitrogens with zero attached hydrogens (tertiary/aromatic N) is 2. The number of rotatable bonds is 3. The van der Waals surface area contributed by atoms with E-state index in [1.165, 1.54) is 6.07 Å². The van der Waals surface area contributed by atoms with Gasteiger partial charge in [0.25, 0.3) is 0 Å². The average molecular weight is 384 g/mol. The summed E-state index contributed by atoms with van der Waals surface area (Å²) in [6, 6.07) is 2.32. The Balaban J connectivity index is 1.57. The van der Waals surface area contributed by atoms with Crippen molar-refractivity contribution in [2.45, 2.75) is 44.3 Å². The van der Waals surface area contributed by atoms with Crippen molar-refractivity contribution in [1.29, 1.82) is 0 Å². The first-order valence-corrected chi connectivity index (χ1v) is 9.18. The van der Waals surface area contributed by atoms with Gasteiger partial charge in [-0.25, -0.2) is 4.98 Å². The number of anilines is 1. The van der Waals surface area contributed by atoms with Gasteiger partial charge in [-0.05, 0) is 37.8 Å². The van der Waals surface area contributed by atoms with E-state index < -0.39 is 11.7 Å². The number of hydrogen-bond acceptors (Lipinski definition) is 4. The predicted molar refractivity (Wildman–Crippen MR) is 93.0 cm³/mol. The third-order valence-corrected chi connectivity index (χ3v) is 5.07. The molecule has 2 aliphatic heterocycles. The van der Waals surface area contributed by atoms with Crippen LogP contribution in [-0.2, 0) is 15.8 Å². The van der Waals surface area contributed by atoms with Crippen LogP contribution >= 0.6 is 0 Å². The highest BCUT2D eigenvalue weighted by Crippen LogP contribution is 2.29. The second-order valence-corrected chi connectivity index (χ2v) is 7.07. The standard InChI is InChI=1S/C18H23F3N4O2/c19-18(20,21)13-4-5-15(23-10-13)25-9-1-2-14(11-25)24-17(27)12-3-6-16(26)22-8-7-12/h4-5,10,12,14H,1-3,6-9,11H2,(H,22,26)(H,24,27). The van der Waals surface area contributed by atoms with Gasteiger partial charge < -0.3 is 15.5 Å². The van der Waals surface area contributed by atoms with Crippen molar-refractivity contribution in [2.24, 2.45) is 5.92 Å². The summed E-state index contributed by atoms with van der Waals surface area (Å²) in [5.41, 5.74) is -0.773. The minimum absolute atomic E-state index is 0.0254. The average Bonchev–Trinajstić information content (AvgIpc) is 2.86. The van der Waals surface area contributed by atoms with Crippen LogP contribution in [0.15, 0.2) is 18.3 Å². The maximum atomic E-state index is 12.7. The van der Waals surface area contributed by atoms with Gasteiger partial charge in [-0.2, -0.15) is 13.2 Å². The van der Waals surface area contributed by atoms with E-state index in [2.05, 4.69) is 15.6 Å². The molecule has 2 saturated heterocycles. The van der Waals surface area contributed by atoms with Crippen LogP contribution in [-0.4, -0.2) is 42.5 Å². The molecule has 2 N–H and O–H groups in total. The minimum Gasteiger partial charge on any atom is -0.356 e. The summed E-state index contributed by atoms with van der Waals surface area (Å²) in [5, 5.41) is 5.80. The summed E-state index contributed by atoms with van der Waals surface area (Å²) < 4.78 is 38.0. The third-order valence-electron chi connectivity index (χ3n) is 5.07. The van der Waals surface area contributed by atoms with Crippen LogP contribution < -0.4 is 15.5 Å². The normalized spacial score (nSPS) is 24.1. The SMILES string of the molecule is O=C1CCC(C(=O)NC2CCCN(c3ccc(C(F)(F)F)cn3)C2)CCN1. The predicted octanol–water partition coefficient (Wildman–Crippen LogP) is 2.10. The number of hydrogen-bond donors (Lipinski definition) is 2. The van der Waals surface area contributed by atoms with Gasteiger partial charge in [-0.1, -0.05) is 0 Å². The summed E-state index contributed by atoms with van der Waals surface area (Å²) in [7, 11) is 0. The maximum Gasteiger partial charge on any atom is 0.417 e. The first kappa shape index (κ1) is 19.4. The highest BCUT2D eigenvalue weighted by atomic mass is 19.4. The lowest BCUT2D eigenvalue weighted by molar-refractivity contribution is -0.137. The molecule has 148 valence electrons. The molecule has 1 aromatic rings. The third kappa shape index (κ3) is 5.11. The Bertz CT molecular complexity index is 678. The highest BCUT2D eigenvalue weighted by Gasteiger charge is 2.31. The molecule has 2 aliphatic rings. The number of alkyl halides is 3. The fourth-order valence-electron chi connectivity index (χ4n) is 3.55. The topological polar surface area (TPSA) is 74.3 Å². The van der Waals surface area contributed by atoms with E-state index in [1.807, 2.05) is 4.90 Å². The van der Waals surface area contributed by atoms with Gasteiger partial charge in [0.2, 0.25) is 11.8 Å². The molecule has 3 rings (SSSR count). The zero-order chi connectivity index (χ0) is 19.4. The maximum absolute atomic E-state index is 12.7. The fourth-order valence-corrected chi connectivity index (χ4v) is 3.55. The number of amides is 2. The second-order valence-electron chi connectivity index (χ2n) is 7.07. The van der Waals surface area contributed by atoms with Crippen LogP contribution in [0.25, 0.3) is 0 Å². The number of aromatic nitrogens is 1. The molecule has 2 atom stereocenters. The molecule has 0 bridgehead atoms. The smallest absolute Gasteiger partial charge is 0.356 e. The summed E-state index contributed by atoms with van der Waals surface area (Å²) in [6.45, 7) is 1.70. The van der Waals surface area contributed by atoms with Crippen molar-refractivity contribution >= 4 is 17.6 Å². The molecule has 2 amide bonds. The zero-order valence-electron chi connectivity index (χ0n) is 14.9. The molecule has 0 aromatic carbocycles. The fraction of sp³-hybridized carbons (Fsp3) is 0.611. The number of carbonyl (C=O) groups excluding carboxylic acids is 2. The van der Waals surface area contributed by atoms with Gasteiger partial charge >= 0.3 is 6.18 Å². The molecule has 0 radical (unpaired) electrons. The molecule has 0 spiro atoms. The van der Waals surface area contributed by atoms with Crippen molar-refractivity contribution in [1.82, 2.24) is 15.6 Å². The molecule has 0 aliphatic carbocycles. The monoisotopic (exact) mass is 384 g/mol. The quantitative estimate of drug-likeness (QED) is 0.837. The lowest BCUT2D eigenvalue weighted by Crippen LogP contribution is -2.49. The molecule has 2 fully saturated rings. The number of nitrogens with one attached hydrogen (secondary N) is 2. The summed E-state index contributed by atoms with van der Waals surface area (Å²) in [6.07, 6.45) is -0.426. The molecular weight excluding hydrogens is 361 g/mol. The van der Waals surface area contributed by atoms with Crippen LogP contribution in [0.5, 0.6) is 0 Å². The van der Waals surface area contributed by atoms with E-state index >= 15 is 0 Å². The lowest BCUT2D eigenvalue weighted by Gasteiger charge is -2.34. The minimum atomic E-state index is -4.40. The van der Waals surface area contributed by atoms with Crippen LogP contribution in [0.1, 0.15) is 37.7 Å². The Labute approximate surface area is 155 Å². The summed E-state index contributed by atoms with van der Waals surface area (Å²) in [5.74, 6) is 0.205. The van der Waals surface area contributed by atoms with Gasteiger partial charge in [0.15, 0.2) is 0 Å². The van der Waals surface area contributed by atoms with Crippen molar-refractivity contribution in [3.8, 4) is 0 Å². The zero-order valence-corrected chi connectivity index (χ0v) is 14.9. The van der Waals surface area contributed by atoms with Crippen LogP contribution in [0.4, 0.5) is 19.0 Å². The summed E-state index contributed by atoms with van der Waals surface area (Å²) in [4.78, 5) is 29.8. The van der Waals surface area contributed by atoms with Crippen LogP contribution in [0.3, 0.4) is 0 Å². The summed E-state index contributed by atoms with van der Waals surface area (Å²) >= 11 is 0. The first-order valence-electron chi connectivity index (χ1n) is 9.18. The van der Waals surface area contributed by atoms with E-state index in [9.17, 15) is 22.8 Å². The largest absolute Gasteiger partial charge is 0.417 e. The van der Waals surface area contributed by atoms with Crippen molar-refractivity contribution in [2.75, 3.05) is 24.5 Å². The number of piperidine rings is 1. The van der Waals surface area contributed by atoms with Crippen molar-refractivity contribution in [3.63, 3.8) is 0 Å². The van der Waals surface area contributed by atoms with Gasteiger partial charge in [-0.15, -0.1) is 0 Å². The van der Waals surface area contributed by atoms with Gasteiger partial charge in [0, 0.05) is 44.2 Å². The first-order chi connectivity index (χ1) is 12.8. The van der Waals surface area contributed by atoms with Crippen molar-refractivity contribution in [3.05, 3.63) is 23.9 Å². The second kappa shape index (κ2) is 8.14. The Morgan fingerprint density at radius 3 is 2.78 bits per heavy atom. The number of carbonyl (C=O) groups is 2. The number of halogens is 3. The van der Waals surface area contributed by atoms with Gasteiger partial charge in [0.1, 0.15) is 5.82 Å². The Kier molecular flexibility index (Phi) is 5.86. The molecular formula is C18H23F3N4O2. The lowest BCUT2D eigenvalue weighted by atomic mass is 9.98. The van der Waals surface area contributed by atoms with Crippen molar-refractivity contribution < 1.29 is 22.8 Å².